The van der Waals surface area contributed by atoms with E-state index in [2.05, 4.69) is 0 Å². The zero-order valence-corrected chi connectivity index (χ0v) is 16.6. The SMILES string of the molecule is CCOC(=O)C1=CCC(c2ccccc2O)N(S(=O)(=O)c2ccc(C)cc2)C1. The van der Waals surface area contributed by atoms with Gasteiger partial charge in [-0.3, -0.25) is 0 Å². The van der Waals surface area contributed by atoms with E-state index in [4.69, 9.17) is 4.74 Å². The van der Waals surface area contributed by atoms with Gasteiger partial charge in [-0.05, 0) is 38.5 Å². The molecule has 7 heteroatoms. The van der Waals surface area contributed by atoms with Crippen molar-refractivity contribution in [3.8, 4) is 5.75 Å². The van der Waals surface area contributed by atoms with E-state index in [1.165, 1.54) is 10.4 Å². The number of aromatic hydroxyl groups is 1. The van der Waals surface area contributed by atoms with Crippen molar-refractivity contribution >= 4 is 16.0 Å². The number of phenolic OH excluding ortho intramolecular Hbond substituents is 1. The molecule has 0 radical (unpaired) electrons. The predicted octanol–water partition coefficient (Wildman–Crippen LogP) is 3.33. The molecule has 1 N–H and O–H groups in total. The Kier molecular flexibility index (Phi) is 5.86. The van der Waals surface area contributed by atoms with Gasteiger partial charge >= 0.3 is 5.97 Å². The van der Waals surface area contributed by atoms with Crippen LogP contribution in [0.1, 0.15) is 30.5 Å². The van der Waals surface area contributed by atoms with Crippen LogP contribution in [0.5, 0.6) is 5.75 Å². The fraction of sp³-hybridized carbons (Fsp3) is 0.286. The van der Waals surface area contributed by atoms with Crippen molar-refractivity contribution < 1.29 is 23.1 Å². The quantitative estimate of drug-likeness (QED) is 0.777. The van der Waals surface area contributed by atoms with Crippen LogP contribution in [0.3, 0.4) is 0 Å². The summed E-state index contributed by atoms with van der Waals surface area (Å²) in [6.45, 7) is 3.68. The molecule has 2 aromatic carbocycles. The summed E-state index contributed by atoms with van der Waals surface area (Å²) in [5.74, 6) is -0.507. The normalized spacial score (nSPS) is 17.8. The topological polar surface area (TPSA) is 83.9 Å². The third kappa shape index (κ3) is 3.95. The highest BCUT2D eigenvalue weighted by Gasteiger charge is 2.37. The predicted molar refractivity (Wildman–Crippen MR) is 105 cm³/mol. The van der Waals surface area contributed by atoms with Crippen molar-refractivity contribution in [1.29, 1.82) is 0 Å². The molecule has 6 nitrogen and oxygen atoms in total. The summed E-state index contributed by atoms with van der Waals surface area (Å²) in [4.78, 5) is 12.3. The van der Waals surface area contributed by atoms with E-state index in [0.717, 1.165) is 5.56 Å². The molecule has 28 heavy (non-hydrogen) atoms. The molecule has 1 atom stereocenters. The molecular formula is C21H23NO5S. The number of sulfonamides is 1. The highest BCUT2D eigenvalue weighted by molar-refractivity contribution is 7.89. The van der Waals surface area contributed by atoms with Crippen LogP contribution in [-0.2, 0) is 19.6 Å². The number of carbonyl (C=O) groups excluding carboxylic acids is 1. The van der Waals surface area contributed by atoms with Crippen LogP contribution in [0.2, 0.25) is 0 Å². The Morgan fingerprint density at radius 3 is 2.50 bits per heavy atom. The number of nitrogens with zero attached hydrogens (tertiary/aromatic N) is 1. The van der Waals surface area contributed by atoms with E-state index in [0.29, 0.717) is 11.1 Å². The molecule has 148 valence electrons. The summed E-state index contributed by atoms with van der Waals surface area (Å²) >= 11 is 0. The molecule has 3 rings (SSSR count). The molecule has 1 unspecified atom stereocenters. The number of rotatable bonds is 5. The second-order valence-corrected chi connectivity index (χ2v) is 8.51. The third-order valence-electron chi connectivity index (χ3n) is 4.72. The summed E-state index contributed by atoms with van der Waals surface area (Å²) in [6.07, 6.45) is 1.95. The molecule has 0 aliphatic carbocycles. The first-order chi connectivity index (χ1) is 13.3. The van der Waals surface area contributed by atoms with Crippen molar-refractivity contribution in [2.24, 2.45) is 0 Å². The number of benzene rings is 2. The lowest BCUT2D eigenvalue weighted by Gasteiger charge is -2.34. The number of para-hydroxylation sites is 1. The Morgan fingerprint density at radius 2 is 1.86 bits per heavy atom. The van der Waals surface area contributed by atoms with Crippen LogP contribution in [0.15, 0.2) is 65.1 Å². The number of hydrogen-bond acceptors (Lipinski definition) is 5. The highest BCUT2D eigenvalue weighted by atomic mass is 32.2. The van der Waals surface area contributed by atoms with Crippen molar-refractivity contribution in [3.63, 3.8) is 0 Å². The van der Waals surface area contributed by atoms with Crippen LogP contribution in [0.4, 0.5) is 0 Å². The van der Waals surface area contributed by atoms with Gasteiger partial charge < -0.3 is 9.84 Å². The van der Waals surface area contributed by atoms with Gasteiger partial charge in [-0.2, -0.15) is 4.31 Å². The van der Waals surface area contributed by atoms with Gasteiger partial charge in [0.2, 0.25) is 10.0 Å². The van der Waals surface area contributed by atoms with E-state index >= 15 is 0 Å². The fourth-order valence-electron chi connectivity index (χ4n) is 3.24. The Bertz CT molecular complexity index is 996. The van der Waals surface area contributed by atoms with Crippen LogP contribution in [0, 0.1) is 6.92 Å². The Labute approximate surface area is 165 Å². The van der Waals surface area contributed by atoms with Crippen LogP contribution in [0.25, 0.3) is 0 Å². The van der Waals surface area contributed by atoms with Gasteiger partial charge in [0.05, 0.1) is 17.5 Å². The summed E-state index contributed by atoms with van der Waals surface area (Å²) < 4.78 is 33.1. The molecule has 0 fully saturated rings. The van der Waals surface area contributed by atoms with Crippen molar-refractivity contribution in [2.45, 2.75) is 31.2 Å². The molecule has 0 spiro atoms. The summed E-state index contributed by atoms with van der Waals surface area (Å²) in [5.41, 5.74) is 1.74. The summed E-state index contributed by atoms with van der Waals surface area (Å²) in [7, 11) is -3.90. The maximum Gasteiger partial charge on any atom is 0.335 e. The zero-order chi connectivity index (χ0) is 20.3. The number of phenols is 1. The molecule has 1 aliphatic rings. The number of ether oxygens (including phenoxy) is 1. The second-order valence-electron chi connectivity index (χ2n) is 6.62. The van der Waals surface area contributed by atoms with Gasteiger partial charge in [0.25, 0.3) is 0 Å². The van der Waals surface area contributed by atoms with E-state index < -0.39 is 22.0 Å². The Hall–Kier alpha value is -2.64. The van der Waals surface area contributed by atoms with Crippen molar-refractivity contribution in [3.05, 3.63) is 71.3 Å². The standard InChI is InChI=1S/C21H23NO5S/c1-3-27-21(24)16-10-13-19(18-6-4-5-7-20(18)23)22(14-16)28(25,26)17-11-8-15(2)9-12-17/h4-12,19,23H,3,13-14H2,1-2H3. The van der Waals surface area contributed by atoms with E-state index in [-0.39, 0.29) is 30.2 Å². The first-order valence-electron chi connectivity index (χ1n) is 9.07. The number of hydrogen-bond donors (Lipinski definition) is 1. The Balaban J connectivity index is 2.06. The molecule has 1 heterocycles. The second kappa shape index (κ2) is 8.16. The molecule has 0 saturated heterocycles. The van der Waals surface area contributed by atoms with Crippen LogP contribution < -0.4 is 0 Å². The molecule has 1 aliphatic heterocycles. The number of aryl methyl sites for hydroxylation is 1. The van der Waals surface area contributed by atoms with Crippen LogP contribution in [-0.4, -0.2) is 37.0 Å². The van der Waals surface area contributed by atoms with Crippen molar-refractivity contribution in [1.82, 2.24) is 4.31 Å². The Morgan fingerprint density at radius 1 is 1.18 bits per heavy atom. The average molecular weight is 401 g/mol. The van der Waals surface area contributed by atoms with Gasteiger partial charge in [-0.25, -0.2) is 13.2 Å². The minimum atomic E-state index is -3.90. The molecule has 0 saturated carbocycles. The summed E-state index contributed by atoms with van der Waals surface area (Å²) in [6, 6.07) is 12.6. The third-order valence-corrected chi connectivity index (χ3v) is 6.59. The lowest BCUT2D eigenvalue weighted by molar-refractivity contribution is -0.138. The van der Waals surface area contributed by atoms with E-state index in [9.17, 15) is 18.3 Å². The maximum atomic E-state index is 13.4. The van der Waals surface area contributed by atoms with Gasteiger partial charge in [-0.15, -0.1) is 0 Å². The first-order valence-corrected chi connectivity index (χ1v) is 10.5. The lowest BCUT2D eigenvalue weighted by Crippen LogP contribution is -2.40. The number of esters is 1. The molecule has 0 amide bonds. The molecular weight excluding hydrogens is 378 g/mol. The minimum Gasteiger partial charge on any atom is -0.508 e. The molecule has 0 bridgehead atoms. The van der Waals surface area contributed by atoms with Crippen LogP contribution >= 0.6 is 0 Å². The zero-order valence-electron chi connectivity index (χ0n) is 15.8. The van der Waals surface area contributed by atoms with E-state index in [1.807, 2.05) is 6.92 Å². The van der Waals surface area contributed by atoms with Gasteiger partial charge in [0.15, 0.2) is 0 Å². The fourth-order valence-corrected chi connectivity index (χ4v) is 4.83. The lowest BCUT2D eigenvalue weighted by atomic mass is 9.97. The van der Waals surface area contributed by atoms with E-state index in [1.54, 1.807) is 55.5 Å². The minimum absolute atomic E-state index is 0.0181. The molecule has 0 aromatic heterocycles. The highest BCUT2D eigenvalue weighted by Crippen LogP contribution is 2.38. The summed E-state index contributed by atoms with van der Waals surface area (Å²) in [5, 5.41) is 10.3. The first kappa shape index (κ1) is 20.1. The smallest absolute Gasteiger partial charge is 0.335 e. The van der Waals surface area contributed by atoms with Crippen molar-refractivity contribution in [2.75, 3.05) is 13.2 Å². The number of carbonyl (C=O) groups is 1. The average Bonchev–Trinajstić information content (AvgIpc) is 2.68. The largest absolute Gasteiger partial charge is 0.508 e. The van der Waals surface area contributed by atoms with Gasteiger partial charge in [-0.1, -0.05) is 42.0 Å². The van der Waals surface area contributed by atoms with Gasteiger partial charge in [0, 0.05) is 17.7 Å². The monoisotopic (exact) mass is 401 g/mol. The molecule has 2 aromatic rings. The maximum absolute atomic E-state index is 13.4. The van der Waals surface area contributed by atoms with Gasteiger partial charge in [0.1, 0.15) is 5.75 Å².